The van der Waals surface area contributed by atoms with Crippen LogP contribution in [0.1, 0.15) is 57.4 Å². The molecule has 1 aromatic heterocycles. The summed E-state index contributed by atoms with van der Waals surface area (Å²) in [6.45, 7) is 9.49. The average Bonchev–Trinajstić information content (AvgIpc) is 3.03. The van der Waals surface area contributed by atoms with Crippen LogP contribution in [0, 0.1) is 16.7 Å². The van der Waals surface area contributed by atoms with Crippen LogP contribution in [0.2, 0.25) is 0 Å². The molecule has 116 valence electrons. The highest BCUT2D eigenvalue weighted by atomic mass is 16.2. The molecule has 2 saturated carbocycles. The second kappa shape index (κ2) is 4.49. The number of nitrogens with two attached hydrogens (primary N) is 1. The molecule has 3 unspecified atom stereocenters. The van der Waals surface area contributed by atoms with E-state index in [0.717, 1.165) is 0 Å². The first-order valence-electron chi connectivity index (χ1n) is 7.91. The van der Waals surface area contributed by atoms with Gasteiger partial charge in [0.2, 0.25) is 0 Å². The maximum absolute atomic E-state index is 12.7. The molecule has 21 heavy (non-hydrogen) atoms. The average molecular weight is 290 g/mol. The van der Waals surface area contributed by atoms with E-state index in [4.69, 9.17) is 5.73 Å². The van der Waals surface area contributed by atoms with Gasteiger partial charge in [0.25, 0.3) is 5.91 Å². The monoisotopic (exact) mass is 290 g/mol. The van der Waals surface area contributed by atoms with Crippen LogP contribution in [0.25, 0.3) is 0 Å². The Morgan fingerprint density at radius 3 is 2.81 bits per heavy atom. The van der Waals surface area contributed by atoms with Gasteiger partial charge in [-0.3, -0.25) is 9.48 Å². The van der Waals surface area contributed by atoms with Gasteiger partial charge in [-0.1, -0.05) is 20.8 Å². The predicted molar refractivity (Wildman–Crippen MR) is 82.8 cm³/mol. The zero-order chi connectivity index (χ0) is 15.4. The Balaban J connectivity index is 1.86. The highest BCUT2D eigenvalue weighted by Gasteiger charge is 2.59. The largest absolute Gasteiger partial charge is 0.396 e. The fraction of sp³-hybridized carbons (Fsp3) is 0.750. The number of aromatic nitrogens is 2. The van der Waals surface area contributed by atoms with Crippen molar-refractivity contribution in [3.05, 3.63) is 11.9 Å². The van der Waals surface area contributed by atoms with Crippen LogP contribution < -0.4 is 11.1 Å². The fourth-order valence-corrected chi connectivity index (χ4v) is 4.75. The molecule has 3 atom stereocenters. The summed E-state index contributed by atoms with van der Waals surface area (Å²) in [6, 6.07) is 0.204. The summed E-state index contributed by atoms with van der Waals surface area (Å²) in [6.07, 6.45) is 5.26. The van der Waals surface area contributed by atoms with E-state index < -0.39 is 0 Å². The zero-order valence-corrected chi connectivity index (χ0v) is 13.4. The van der Waals surface area contributed by atoms with Gasteiger partial charge in [-0.15, -0.1) is 0 Å². The van der Waals surface area contributed by atoms with Gasteiger partial charge in [-0.2, -0.15) is 5.10 Å². The molecule has 5 nitrogen and oxygen atoms in total. The molecule has 0 aliphatic heterocycles. The number of amides is 1. The number of hydrogen-bond donors (Lipinski definition) is 2. The van der Waals surface area contributed by atoms with Gasteiger partial charge in [-0.25, -0.2) is 0 Å². The molecule has 0 aromatic carbocycles. The summed E-state index contributed by atoms with van der Waals surface area (Å²) in [5.74, 6) is 0.625. The SMILES string of the molecule is CCn1ncc(N)c1C(=O)NC1C2(C)CCC(C2)C1(C)C. The minimum absolute atomic E-state index is 0.0845. The summed E-state index contributed by atoms with van der Waals surface area (Å²) >= 11 is 0. The molecule has 3 rings (SSSR count). The van der Waals surface area contributed by atoms with E-state index in [9.17, 15) is 4.79 Å². The van der Waals surface area contributed by atoms with Crippen LogP contribution in [-0.2, 0) is 6.54 Å². The van der Waals surface area contributed by atoms with Gasteiger partial charge in [0.1, 0.15) is 5.69 Å². The van der Waals surface area contributed by atoms with E-state index in [0.29, 0.717) is 23.8 Å². The van der Waals surface area contributed by atoms with Gasteiger partial charge in [0, 0.05) is 12.6 Å². The molecule has 0 saturated heterocycles. The van der Waals surface area contributed by atoms with E-state index in [-0.39, 0.29) is 22.8 Å². The minimum atomic E-state index is -0.0845. The van der Waals surface area contributed by atoms with Crippen LogP contribution in [0.3, 0.4) is 0 Å². The van der Waals surface area contributed by atoms with Crippen molar-refractivity contribution < 1.29 is 4.79 Å². The lowest BCUT2D eigenvalue weighted by Gasteiger charge is -2.43. The highest BCUT2D eigenvalue weighted by molar-refractivity contribution is 5.97. The lowest BCUT2D eigenvalue weighted by atomic mass is 9.68. The number of hydrogen-bond acceptors (Lipinski definition) is 3. The Labute approximate surface area is 126 Å². The Morgan fingerprint density at radius 1 is 1.52 bits per heavy atom. The number of anilines is 1. The van der Waals surface area contributed by atoms with Gasteiger partial charge in [-0.05, 0) is 42.9 Å². The smallest absolute Gasteiger partial charge is 0.271 e. The molecular formula is C16H26N4O. The van der Waals surface area contributed by atoms with Gasteiger partial charge in [0.05, 0.1) is 11.9 Å². The quantitative estimate of drug-likeness (QED) is 0.898. The van der Waals surface area contributed by atoms with Crippen molar-refractivity contribution in [3.63, 3.8) is 0 Å². The first-order chi connectivity index (χ1) is 9.79. The molecule has 1 aromatic rings. The van der Waals surface area contributed by atoms with Crippen molar-refractivity contribution in [2.75, 3.05) is 5.73 Å². The number of nitrogens with zero attached hydrogens (tertiary/aromatic N) is 2. The Kier molecular flexibility index (Phi) is 3.08. The topological polar surface area (TPSA) is 72.9 Å². The lowest BCUT2D eigenvalue weighted by Crippen LogP contribution is -2.52. The summed E-state index contributed by atoms with van der Waals surface area (Å²) in [4.78, 5) is 12.7. The first kappa shape index (κ1) is 14.4. The van der Waals surface area contributed by atoms with E-state index in [1.54, 1.807) is 10.9 Å². The van der Waals surface area contributed by atoms with Crippen LogP contribution in [0.15, 0.2) is 6.20 Å². The number of fused-ring (bicyclic) bond motifs is 2. The zero-order valence-electron chi connectivity index (χ0n) is 13.4. The van der Waals surface area contributed by atoms with E-state index >= 15 is 0 Å². The summed E-state index contributed by atoms with van der Waals surface area (Å²) in [7, 11) is 0. The Hall–Kier alpha value is -1.52. The molecular weight excluding hydrogens is 264 g/mol. The number of carbonyl (C=O) groups excluding carboxylic acids is 1. The summed E-state index contributed by atoms with van der Waals surface area (Å²) in [5.41, 5.74) is 7.25. The second-order valence-corrected chi connectivity index (χ2v) is 7.59. The number of carbonyl (C=O) groups is 1. The van der Waals surface area contributed by atoms with Gasteiger partial charge < -0.3 is 11.1 Å². The van der Waals surface area contributed by atoms with Gasteiger partial charge in [0.15, 0.2) is 0 Å². The van der Waals surface area contributed by atoms with Crippen molar-refractivity contribution in [3.8, 4) is 0 Å². The molecule has 0 radical (unpaired) electrons. The number of nitrogens with one attached hydrogen (secondary N) is 1. The van der Waals surface area contributed by atoms with Gasteiger partial charge >= 0.3 is 0 Å². The van der Waals surface area contributed by atoms with Crippen molar-refractivity contribution in [2.24, 2.45) is 16.7 Å². The molecule has 2 bridgehead atoms. The van der Waals surface area contributed by atoms with Crippen LogP contribution in [-0.4, -0.2) is 21.7 Å². The van der Waals surface area contributed by atoms with E-state index in [1.165, 1.54) is 19.3 Å². The van der Waals surface area contributed by atoms with Crippen molar-refractivity contribution >= 4 is 11.6 Å². The Bertz CT molecular complexity index is 572. The summed E-state index contributed by atoms with van der Waals surface area (Å²) in [5, 5.41) is 7.44. The number of rotatable bonds is 3. The molecule has 0 spiro atoms. The molecule has 2 fully saturated rings. The summed E-state index contributed by atoms with van der Waals surface area (Å²) < 4.78 is 1.67. The Morgan fingerprint density at radius 2 is 2.24 bits per heavy atom. The predicted octanol–water partition coefficient (Wildman–Crippen LogP) is 2.43. The highest BCUT2D eigenvalue weighted by Crippen LogP contribution is 2.62. The third-order valence-corrected chi connectivity index (χ3v) is 5.93. The fourth-order valence-electron chi connectivity index (χ4n) is 4.75. The minimum Gasteiger partial charge on any atom is -0.396 e. The van der Waals surface area contributed by atoms with Crippen LogP contribution >= 0.6 is 0 Å². The third kappa shape index (κ3) is 1.97. The molecule has 2 aliphatic rings. The van der Waals surface area contributed by atoms with E-state index in [1.807, 2.05) is 6.92 Å². The maximum Gasteiger partial charge on any atom is 0.271 e. The normalized spacial score (nSPS) is 33.3. The van der Waals surface area contributed by atoms with Crippen molar-refractivity contribution in [2.45, 2.75) is 59.5 Å². The number of nitrogen functional groups attached to an aromatic ring is 1. The van der Waals surface area contributed by atoms with E-state index in [2.05, 4.69) is 31.2 Å². The molecule has 3 N–H and O–H groups in total. The van der Waals surface area contributed by atoms with Crippen molar-refractivity contribution in [1.82, 2.24) is 15.1 Å². The molecule has 1 heterocycles. The first-order valence-corrected chi connectivity index (χ1v) is 7.91. The maximum atomic E-state index is 12.7. The third-order valence-electron chi connectivity index (χ3n) is 5.93. The lowest BCUT2D eigenvalue weighted by molar-refractivity contribution is 0.0729. The number of aryl methyl sites for hydroxylation is 1. The van der Waals surface area contributed by atoms with Crippen molar-refractivity contribution in [1.29, 1.82) is 0 Å². The van der Waals surface area contributed by atoms with Crippen LogP contribution in [0.5, 0.6) is 0 Å². The standard InChI is InChI=1S/C16H26N4O/c1-5-20-12(11(17)9-18-20)13(21)19-14-15(2,3)10-6-7-16(14,4)8-10/h9-10,14H,5-8,17H2,1-4H3,(H,19,21). The van der Waals surface area contributed by atoms with Crippen LogP contribution in [0.4, 0.5) is 5.69 Å². The second-order valence-electron chi connectivity index (χ2n) is 7.59. The molecule has 5 heteroatoms. The molecule has 2 aliphatic carbocycles. The molecule has 1 amide bonds.